The largest absolute Gasteiger partial charge is 0.507 e. The SMILES string of the molecule is CCCCCCCCCCCCSC1CC2CC1C1C(=O)N(CCCc3cc(C(C)(C)C)c(O)c(C(C)(C)C)c3)C(=O)C21. The molecule has 0 aromatic heterocycles. The molecule has 0 spiro atoms. The van der Waals surface area contributed by atoms with Gasteiger partial charge in [0.05, 0.1) is 11.8 Å². The van der Waals surface area contributed by atoms with E-state index in [9.17, 15) is 14.7 Å². The van der Waals surface area contributed by atoms with Crippen LogP contribution in [0.2, 0.25) is 0 Å². The van der Waals surface area contributed by atoms with Gasteiger partial charge in [-0.3, -0.25) is 14.5 Å². The first-order valence-corrected chi connectivity index (χ1v) is 18.7. The lowest BCUT2D eigenvalue weighted by Gasteiger charge is -2.28. The van der Waals surface area contributed by atoms with Gasteiger partial charge in [0, 0.05) is 11.8 Å². The van der Waals surface area contributed by atoms with Crippen LogP contribution in [0.1, 0.15) is 149 Å². The highest BCUT2D eigenvalue weighted by molar-refractivity contribution is 7.99. The topological polar surface area (TPSA) is 57.6 Å². The van der Waals surface area contributed by atoms with Crippen molar-refractivity contribution in [1.29, 1.82) is 0 Å². The summed E-state index contributed by atoms with van der Waals surface area (Å²) in [7, 11) is 0. The first-order chi connectivity index (χ1) is 20.3. The lowest BCUT2D eigenvalue weighted by atomic mass is 9.78. The molecule has 1 saturated heterocycles. The van der Waals surface area contributed by atoms with E-state index in [4.69, 9.17) is 0 Å². The van der Waals surface area contributed by atoms with Crippen molar-refractivity contribution in [3.8, 4) is 5.75 Å². The maximum atomic E-state index is 13.6. The van der Waals surface area contributed by atoms with E-state index in [-0.39, 0.29) is 34.5 Å². The Kier molecular flexibility index (Phi) is 11.8. The average molecular weight is 612 g/mol. The number of benzene rings is 1. The minimum absolute atomic E-state index is 0.0552. The van der Waals surface area contributed by atoms with Crippen molar-refractivity contribution in [2.75, 3.05) is 12.3 Å². The number of carbonyl (C=O) groups excluding carboxylic acids is 2. The van der Waals surface area contributed by atoms with Crippen LogP contribution in [0.5, 0.6) is 5.75 Å². The van der Waals surface area contributed by atoms with Gasteiger partial charge >= 0.3 is 0 Å². The number of likely N-dealkylation sites (tertiary alicyclic amines) is 1. The Balaban J connectivity index is 1.24. The molecular weight excluding hydrogens is 550 g/mol. The number of phenolic OH excluding ortho intramolecular Hbond substituents is 1. The van der Waals surface area contributed by atoms with E-state index in [1.165, 1.54) is 75.5 Å². The van der Waals surface area contributed by atoms with Gasteiger partial charge in [0.15, 0.2) is 0 Å². The maximum absolute atomic E-state index is 13.6. The standard InChI is InChI=1S/C38H61NO3S/c1-8-9-10-11-12-13-14-15-16-17-21-43-31-25-27-24-28(31)33-32(27)35(41)39(36(33)42)20-18-19-26-22-29(37(2,3)4)34(40)30(23-26)38(5,6)7/h22-23,27-28,31-33,40H,8-21,24-25H2,1-7H3. The van der Waals surface area contributed by atoms with Crippen LogP contribution < -0.4 is 0 Å². The van der Waals surface area contributed by atoms with Crippen LogP contribution in [0.3, 0.4) is 0 Å². The van der Waals surface area contributed by atoms with Gasteiger partial charge in [-0.15, -0.1) is 0 Å². The van der Waals surface area contributed by atoms with E-state index < -0.39 is 0 Å². The third-order valence-electron chi connectivity index (χ3n) is 10.5. The molecule has 43 heavy (non-hydrogen) atoms. The number of rotatable bonds is 16. The summed E-state index contributed by atoms with van der Waals surface area (Å²) in [5, 5.41) is 11.6. The van der Waals surface area contributed by atoms with Gasteiger partial charge in [0.2, 0.25) is 11.8 Å². The predicted octanol–water partition coefficient (Wildman–Crippen LogP) is 9.58. The number of fused-ring (bicyclic) bond motifs is 5. The highest BCUT2D eigenvalue weighted by Gasteiger charge is 2.63. The fourth-order valence-corrected chi connectivity index (χ4v) is 9.71. The predicted molar refractivity (Wildman–Crippen MR) is 182 cm³/mol. The molecule has 5 unspecified atom stereocenters. The molecule has 4 nitrogen and oxygen atoms in total. The number of hydrogen-bond acceptors (Lipinski definition) is 4. The Morgan fingerprint density at radius 3 is 1.86 bits per heavy atom. The maximum Gasteiger partial charge on any atom is 0.233 e. The number of unbranched alkanes of at least 4 members (excludes halogenated alkanes) is 9. The highest BCUT2D eigenvalue weighted by Crippen LogP contribution is 2.59. The van der Waals surface area contributed by atoms with Crippen molar-refractivity contribution in [2.45, 2.75) is 154 Å². The molecule has 4 rings (SSSR count). The molecule has 1 aliphatic heterocycles. The van der Waals surface area contributed by atoms with Crippen LogP contribution in [0.25, 0.3) is 0 Å². The van der Waals surface area contributed by atoms with Crippen molar-refractivity contribution in [1.82, 2.24) is 4.90 Å². The van der Waals surface area contributed by atoms with Gasteiger partial charge in [-0.1, -0.05) is 118 Å². The average Bonchev–Trinajstić information content (AvgIpc) is 3.58. The number of phenols is 1. The van der Waals surface area contributed by atoms with Gasteiger partial charge in [-0.05, 0) is 77.2 Å². The summed E-state index contributed by atoms with van der Waals surface area (Å²) in [5.74, 6) is 2.50. The van der Waals surface area contributed by atoms with Crippen LogP contribution >= 0.6 is 11.8 Å². The summed E-state index contributed by atoms with van der Waals surface area (Å²) in [6, 6.07) is 4.26. The first-order valence-electron chi connectivity index (χ1n) is 17.7. The zero-order chi connectivity index (χ0) is 31.4. The lowest BCUT2D eigenvalue weighted by Crippen LogP contribution is -2.34. The van der Waals surface area contributed by atoms with Crippen molar-refractivity contribution < 1.29 is 14.7 Å². The van der Waals surface area contributed by atoms with Crippen LogP contribution in [0.4, 0.5) is 0 Å². The molecule has 5 heteroatoms. The molecule has 3 aliphatic rings. The molecule has 2 saturated carbocycles. The Hall–Kier alpha value is -1.49. The monoisotopic (exact) mass is 611 g/mol. The lowest BCUT2D eigenvalue weighted by molar-refractivity contribution is -0.140. The summed E-state index contributed by atoms with van der Waals surface area (Å²) in [5.41, 5.74) is 2.78. The van der Waals surface area contributed by atoms with E-state index in [0.717, 1.165) is 36.8 Å². The van der Waals surface area contributed by atoms with Crippen LogP contribution in [-0.2, 0) is 26.8 Å². The Bertz CT molecular complexity index is 1060. The van der Waals surface area contributed by atoms with Crippen LogP contribution in [0.15, 0.2) is 12.1 Å². The van der Waals surface area contributed by atoms with Gasteiger partial charge in [0.1, 0.15) is 5.75 Å². The number of imide groups is 1. The van der Waals surface area contributed by atoms with E-state index >= 15 is 0 Å². The number of aromatic hydroxyl groups is 1. The van der Waals surface area contributed by atoms with E-state index in [1.807, 2.05) is 0 Å². The number of thioether (sulfide) groups is 1. The van der Waals surface area contributed by atoms with Gasteiger partial charge < -0.3 is 5.11 Å². The van der Waals surface area contributed by atoms with Crippen molar-refractivity contribution >= 4 is 23.6 Å². The Morgan fingerprint density at radius 1 is 0.767 bits per heavy atom. The molecule has 3 fully saturated rings. The normalized spacial score (nSPS) is 25.3. The third-order valence-corrected chi connectivity index (χ3v) is 12.0. The highest BCUT2D eigenvalue weighted by atomic mass is 32.2. The molecule has 1 aromatic rings. The number of hydrogen-bond donors (Lipinski definition) is 1. The summed E-state index contributed by atoms with van der Waals surface area (Å²) in [6.07, 6.45) is 17.4. The molecule has 1 aromatic carbocycles. The molecule has 5 atom stereocenters. The van der Waals surface area contributed by atoms with E-state index in [2.05, 4.69) is 72.4 Å². The zero-order valence-electron chi connectivity index (χ0n) is 28.5. The zero-order valence-corrected chi connectivity index (χ0v) is 29.3. The van der Waals surface area contributed by atoms with Crippen molar-refractivity contribution in [2.24, 2.45) is 23.7 Å². The third kappa shape index (κ3) is 8.22. The summed E-state index contributed by atoms with van der Waals surface area (Å²) in [4.78, 5) is 28.7. The molecule has 2 aliphatic carbocycles. The summed E-state index contributed by atoms with van der Waals surface area (Å²) < 4.78 is 0. The molecule has 0 radical (unpaired) electrons. The molecule has 2 amide bonds. The fraction of sp³-hybridized carbons (Fsp3) is 0.789. The second-order valence-electron chi connectivity index (χ2n) is 16.0. The minimum Gasteiger partial charge on any atom is -0.507 e. The second kappa shape index (κ2) is 14.7. The smallest absolute Gasteiger partial charge is 0.233 e. The van der Waals surface area contributed by atoms with Crippen molar-refractivity contribution in [3.05, 3.63) is 28.8 Å². The minimum atomic E-state index is -0.167. The quantitative estimate of drug-likeness (QED) is 0.149. The Labute approximate surface area is 267 Å². The van der Waals surface area contributed by atoms with Crippen LogP contribution in [-0.4, -0.2) is 39.4 Å². The molecule has 242 valence electrons. The number of aryl methyl sites for hydroxylation is 1. The van der Waals surface area contributed by atoms with E-state index in [1.54, 1.807) is 4.90 Å². The Morgan fingerprint density at radius 2 is 1.30 bits per heavy atom. The molecule has 2 bridgehead atoms. The molecule has 1 N–H and O–H groups in total. The fourth-order valence-electron chi connectivity index (χ4n) is 8.12. The molecular formula is C38H61NO3S. The number of nitrogens with zero attached hydrogens (tertiary/aromatic N) is 1. The van der Waals surface area contributed by atoms with Gasteiger partial charge in [0.25, 0.3) is 0 Å². The summed E-state index contributed by atoms with van der Waals surface area (Å²) in [6.45, 7) is 15.6. The molecule has 1 heterocycles. The second-order valence-corrected chi connectivity index (χ2v) is 17.4. The van der Waals surface area contributed by atoms with E-state index in [0.29, 0.717) is 29.4 Å². The van der Waals surface area contributed by atoms with Crippen molar-refractivity contribution in [3.63, 3.8) is 0 Å². The summed E-state index contributed by atoms with van der Waals surface area (Å²) >= 11 is 2.10. The van der Waals surface area contributed by atoms with Gasteiger partial charge in [-0.25, -0.2) is 0 Å². The van der Waals surface area contributed by atoms with Gasteiger partial charge in [-0.2, -0.15) is 11.8 Å². The number of amides is 2. The number of carbonyl (C=O) groups is 2. The van der Waals surface area contributed by atoms with Crippen LogP contribution in [0, 0.1) is 23.7 Å². The first kappa shape index (κ1) is 34.4.